The van der Waals surface area contributed by atoms with Gasteiger partial charge in [0.1, 0.15) is 5.00 Å². The van der Waals surface area contributed by atoms with Crippen LogP contribution >= 0.6 is 11.3 Å². The Morgan fingerprint density at radius 2 is 1.97 bits per heavy atom. The molecule has 0 aliphatic heterocycles. The second-order valence-electron chi connectivity index (χ2n) is 7.42. The van der Waals surface area contributed by atoms with Crippen LogP contribution in [0.1, 0.15) is 44.6 Å². The number of para-hydroxylation sites is 2. The van der Waals surface area contributed by atoms with Crippen molar-refractivity contribution in [1.29, 1.82) is 0 Å². The van der Waals surface area contributed by atoms with E-state index in [9.17, 15) is 14.4 Å². The lowest BCUT2D eigenvalue weighted by molar-refractivity contribution is -0.119. The Hall–Kier alpha value is -3.33. The normalized spacial score (nSPS) is 15.2. The van der Waals surface area contributed by atoms with Crippen LogP contribution in [0.4, 0.5) is 5.00 Å². The van der Waals surface area contributed by atoms with Crippen LogP contribution in [0.15, 0.2) is 30.5 Å². The van der Waals surface area contributed by atoms with Gasteiger partial charge >= 0.3 is 11.9 Å². The number of fused-ring (bicyclic) bond motifs is 2. The number of rotatable bonds is 5. The fourth-order valence-electron chi connectivity index (χ4n) is 3.58. The number of amides is 1. The number of ether oxygens (including phenoxy) is 2. The number of carbonyl (C=O) groups excluding carboxylic acids is 3. The molecule has 1 amide bonds. The zero-order chi connectivity index (χ0) is 22.0. The smallest absolute Gasteiger partial charge is 0.359 e. The Morgan fingerprint density at radius 3 is 2.74 bits per heavy atom. The number of methoxy groups -OCH3 is 1. The van der Waals surface area contributed by atoms with Crippen LogP contribution in [0.5, 0.6) is 0 Å². The summed E-state index contributed by atoms with van der Waals surface area (Å²) in [6, 6.07) is 7.13. The van der Waals surface area contributed by atoms with Crippen molar-refractivity contribution in [2.24, 2.45) is 5.92 Å². The molecule has 3 aromatic rings. The Kier molecular flexibility index (Phi) is 5.94. The summed E-state index contributed by atoms with van der Waals surface area (Å²) in [5, 5.41) is 3.13. The number of hydrogen-bond acceptors (Lipinski definition) is 8. The summed E-state index contributed by atoms with van der Waals surface area (Å²) in [4.78, 5) is 46.5. The van der Waals surface area contributed by atoms with Gasteiger partial charge in [-0.2, -0.15) is 0 Å². The van der Waals surface area contributed by atoms with Gasteiger partial charge in [-0.25, -0.2) is 14.6 Å². The van der Waals surface area contributed by atoms with Gasteiger partial charge in [0.05, 0.1) is 29.9 Å². The van der Waals surface area contributed by atoms with Gasteiger partial charge in [0.2, 0.25) is 0 Å². The molecule has 1 aromatic carbocycles. The summed E-state index contributed by atoms with van der Waals surface area (Å²) in [6.07, 6.45) is 3.91. The number of aromatic nitrogens is 2. The van der Waals surface area contributed by atoms with Crippen molar-refractivity contribution in [2.45, 2.75) is 26.2 Å². The highest BCUT2D eigenvalue weighted by Gasteiger charge is 2.29. The highest BCUT2D eigenvalue weighted by Crippen LogP contribution is 2.40. The average Bonchev–Trinajstić information content (AvgIpc) is 3.13. The van der Waals surface area contributed by atoms with Crippen molar-refractivity contribution in [2.75, 3.05) is 19.0 Å². The Bertz CT molecular complexity index is 1170. The van der Waals surface area contributed by atoms with E-state index < -0.39 is 24.5 Å². The summed E-state index contributed by atoms with van der Waals surface area (Å²) in [5.41, 5.74) is 2.57. The maximum atomic E-state index is 12.4. The zero-order valence-corrected chi connectivity index (χ0v) is 18.0. The minimum Gasteiger partial charge on any atom is -0.465 e. The number of nitrogens with zero attached hydrogens (tertiary/aromatic N) is 2. The molecule has 1 aliphatic rings. The van der Waals surface area contributed by atoms with E-state index in [2.05, 4.69) is 22.2 Å². The third kappa shape index (κ3) is 4.41. The van der Waals surface area contributed by atoms with E-state index >= 15 is 0 Å². The molecule has 1 aliphatic carbocycles. The predicted octanol–water partition coefficient (Wildman–Crippen LogP) is 3.40. The first-order valence-corrected chi connectivity index (χ1v) is 10.7. The third-order valence-electron chi connectivity index (χ3n) is 5.15. The van der Waals surface area contributed by atoms with Crippen LogP contribution in [0, 0.1) is 5.92 Å². The van der Waals surface area contributed by atoms with E-state index in [0.717, 1.165) is 29.7 Å². The number of benzene rings is 1. The monoisotopic (exact) mass is 439 g/mol. The number of thiophene rings is 1. The molecule has 0 radical (unpaired) electrons. The fraction of sp³-hybridized carbons (Fsp3) is 0.318. The molecule has 0 saturated carbocycles. The van der Waals surface area contributed by atoms with Crippen LogP contribution in [0.2, 0.25) is 0 Å². The topological polar surface area (TPSA) is 107 Å². The summed E-state index contributed by atoms with van der Waals surface area (Å²) in [5.74, 6) is -1.25. The van der Waals surface area contributed by atoms with Crippen LogP contribution in [-0.2, 0) is 27.1 Å². The Labute approximate surface area is 182 Å². The molecular weight excluding hydrogens is 418 g/mol. The number of carbonyl (C=O) groups is 3. The number of nitrogens with one attached hydrogen (secondary N) is 1. The van der Waals surface area contributed by atoms with E-state index in [4.69, 9.17) is 9.47 Å². The molecule has 0 bridgehead atoms. The molecular formula is C22H21N3O5S. The first-order valence-electron chi connectivity index (χ1n) is 9.88. The standard InChI is InChI=1S/C22H21N3O5S/c1-12-7-8-13-17(9-12)31-20(19(13)22(28)29-2)25-18(26)11-30-21(27)16-10-23-14-5-3-4-6-15(14)24-16/h3-6,10,12H,7-9,11H2,1-2H3,(H,25,26). The van der Waals surface area contributed by atoms with Crippen molar-refractivity contribution in [1.82, 2.24) is 9.97 Å². The Morgan fingerprint density at radius 1 is 1.19 bits per heavy atom. The lowest BCUT2D eigenvalue weighted by Crippen LogP contribution is -2.22. The predicted molar refractivity (Wildman–Crippen MR) is 115 cm³/mol. The van der Waals surface area contributed by atoms with Gasteiger partial charge in [-0.15, -0.1) is 11.3 Å². The fourth-order valence-corrected chi connectivity index (χ4v) is 5.00. The molecule has 2 aromatic heterocycles. The summed E-state index contributed by atoms with van der Waals surface area (Å²) in [6.45, 7) is 1.65. The Balaban J connectivity index is 1.45. The van der Waals surface area contributed by atoms with Gasteiger partial charge in [-0.05, 0) is 42.9 Å². The molecule has 4 rings (SSSR count). The van der Waals surface area contributed by atoms with Crippen molar-refractivity contribution in [3.05, 3.63) is 52.2 Å². The molecule has 0 spiro atoms. The molecule has 8 nitrogen and oxygen atoms in total. The van der Waals surface area contributed by atoms with Crippen molar-refractivity contribution >= 4 is 45.2 Å². The van der Waals surface area contributed by atoms with E-state index in [1.54, 1.807) is 18.2 Å². The lowest BCUT2D eigenvalue weighted by Gasteiger charge is -2.18. The molecule has 9 heteroatoms. The highest BCUT2D eigenvalue weighted by molar-refractivity contribution is 7.17. The van der Waals surface area contributed by atoms with Gasteiger partial charge in [0, 0.05) is 4.88 Å². The summed E-state index contributed by atoms with van der Waals surface area (Å²) < 4.78 is 10.0. The molecule has 2 heterocycles. The van der Waals surface area contributed by atoms with E-state index in [1.807, 2.05) is 6.07 Å². The van der Waals surface area contributed by atoms with Crippen LogP contribution in [0.3, 0.4) is 0 Å². The van der Waals surface area contributed by atoms with Gasteiger partial charge in [-0.3, -0.25) is 9.78 Å². The summed E-state index contributed by atoms with van der Waals surface area (Å²) >= 11 is 1.37. The quantitative estimate of drug-likeness (QED) is 0.607. The van der Waals surface area contributed by atoms with Gasteiger partial charge in [0.25, 0.3) is 5.91 Å². The van der Waals surface area contributed by atoms with Crippen LogP contribution in [-0.4, -0.2) is 41.5 Å². The first kappa shape index (κ1) is 20.9. The van der Waals surface area contributed by atoms with Crippen LogP contribution in [0.25, 0.3) is 11.0 Å². The summed E-state index contributed by atoms with van der Waals surface area (Å²) in [7, 11) is 1.32. The maximum absolute atomic E-state index is 12.4. The second-order valence-corrected chi connectivity index (χ2v) is 8.52. The van der Waals surface area contributed by atoms with Crippen molar-refractivity contribution in [3.63, 3.8) is 0 Å². The maximum Gasteiger partial charge on any atom is 0.359 e. The van der Waals surface area contributed by atoms with E-state index in [1.165, 1.54) is 24.6 Å². The largest absolute Gasteiger partial charge is 0.465 e. The average molecular weight is 439 g/mol. The number of anilines is 1. The van der Waals surface area contributed by atoms with E-state index in [0.29, 0.717) is 27.5 Å². The molecule has 1 unspecified atom stereocenters. The molecule has 31 heavy (non-hydrogen) atoms. The molecule has 1 N–H and O–H groups in total. The van der Waals surface area contributed by atoms with Crippen molar-refractivity contribution in [3.8, 4) is 0 Å². The minimum atomic E-state index is -0.749. The second kappa shape index (κ2) is 8.81. The minimum absolute atomic E-state index is 0.0160. The lowest BCUT2D eigenvalue weighted by atomic mass is 9.88. The molecule has 0 fully saturated rings. The molecule has 1 atom stereocenters. The van der Waals surface area contributed by atoms with Gasteiger partial charge in [0.15, 0.2) is 12.3 Å². The van der Waals surface area contributed by atoms with E-state index in [-0.39, 0.29) is 5.69 Å². The number of esters is 2. The number of hydrogen-bond donors (Lipinski definition) is 1. The SMILES string of the molecule is COC(=O)c1c(NC(=O)COC(=O)c2cnc3ccccc3n2)sc2c1CCC(C)C2. The highest BCUT2D eigenvalue weighted by atomic mass is 32.1. The third-order valence-corrected chi connectivity index (χ3v) is 6.32. The molecule has 160 valence electrons. The van der Waals surface area contributed by atoms with Gasteiger partial charge < -0.3 is 14.8 Å². The van der Waals surface area contributed by atoms with Crippen LogP contribution < -0.4 is 5.32 Å². The molecule has 0 saturated heterocycles. The van der Waals surface area contributed by atoms with Gasteiger partial charge in [-0.1, -0.05) is 19.1 Å². The first-order chi connectivity index (χ1) is 15.0. The zero-order valence-electron chi connectivity index (χ0n) is 17.1. The van der Waals surface area contributed by atoms with Crippen molar-refractivity contribution < 1.29 is 23.9 Å².